The highest BCUT2D eigenvalue weighted by Crippen LogP contribution is 2.22. The van der Waals surface area contributed by atoms with Crippen LogP contribution in [-0.2, 0) is 0 Å². The maximum Gasteiger partial charge on any atom is 0.139 e. The standard InChI is InChI=1S/C15H13FN2/c1-10-3-4-12(7-11(10)2)14-9-18-8-13(16)5-6-15(18)17-14/h3-9H,1-2H3. The zero-order valence-electron chi connectivity index (χ0n) is 10.3. The maximum absolute atomic E-state index is 13.1. The summed E-state index contributed by atoms with van der Waals surface area (Å²) in [6.45, 7) is 4.16. The summed E-state index contributed by atoms with van der Waals surface area (Å²) < 4.78 is 14.8. The molecule has 3 heteroatoms. The van der Waals surface area contributed by atoms with E-state index in [-0.39, 0.29) is 5.82 Å². The van der Waals surface area contributed by atoms with Gasteiger partial charge >= 0.3 is 0 Å². The predicted molar refractivity (Wildman–Crippen MR) is 70.1 cm³/mol. The van der Waals surface area contributed by atoms with Crippen LogP contribution in [0.1, 0.15) is 11.1 Å². The number of nitrogens with zero attached hydrogens (tertiary/aromatic N) is 2. The summed E-state index contributed by atoms with van der Waals surface area (Å²) in [7, 11) is 0. The highest BCUT2D eigenvalue weighted by molar-refractivity contribution is 5.63. The average molecular weight is 240 g/mol. The first-order valence-corrected chi connectivity index (χ1v) is 5.85. The average Bonchev–Trinajstić information content (AvgIpc) is 2.75. The van der Waals surface area contributed by atoms with Crippen molar-refractivity contribution in [3.63, 3.8) is 0 Å². The minimum Gasteiger partial charge on any atom is -0.304 e. The van der Waals surface area contributed by atoms with Gasteiger partial charge in [0.15, 0.2) is 0 Å². The summed E-state index contributed by atoms with van der Waals surface area (Å²) in [5.41, 5.74) is 5.17. The predicted octanol–water partition coefficient (Wildman–Crippen LogP) is 3.76. The van der Waals surface area contributed by atoms with E-state index in [1.165, 1.54) is 23.4 Å². The number of benzene rings is 1. The minimum atomic E-state index is -0.258. The van der Waals surface area contributed by atoms with E-state index in [0.717, 1.165) is 16.9 Å². The highest BCUT2D eigenvalue weighted by Gasteiger charge is 2.05. The third-order valence-electron chi connectivity index (χ3n) is 3.22. The topological polar surface area (TPSA) is 17.3 Å². The zero-order valence-corrected chi connectivity index (χ0v) is 10.3. The molecular formula is C15H13FN2. The molecule has 1 aromatic carbocycles. The van der Waals surface area contributed by atoms with Gasteiger partial charge in [0.1, 0.15) is 11.5 Å². The van der Waals surface area contributed by atoms with Gasteiger partial charge in [-0.1, -0.05) is 12.1 Å². The molecule has 0 N–H and O–H groups in total. The molecule has 0 aliphatic carbocycles. The van der Waals surface area contributed by atoms with Crippen LogP contribution in [0, 0.1) is 19.7 Å². The molecule has 3 aromatic rings. The van der Waals surface area contributed by atoms with E-state index in [1.54, 1.807) is 10.5 Å². The van der Waals surface area contributed by atoms with Gasteiger partial charge < -0.3 is 4.40 Å². The Morgan fingerprint density at radius 1 is 1.00 bits per heavy atom. The van der Waals surface area contributed by atoms with Gasteiger partial charge in [-0.25, -0.2) is 9.37 Å². The Bertz CT molecular complexity index is 728. The number of hydrogen-bond donors (Lipinski definition) is 0. The van der Waals surface area contributed by atoms with Crippen LogP contribution < -0.4 is 0 Å². The summed E-state index contributed by atoms with van der Waals surface area (Å²) in [6.07, 6.45) is 3.29. The molecule has 0 amide bonds. The summed E-state index contributed by atoms with van der Waals surface area (Å²) in [4.78, 5) is 4.49. The van der Waals surface area contributed by atoms with Gasteiger partial charge in [0.2, 0.25) is 0 Å². The van der Waals surface area contributed by atoms with Crippen LogP contribution in [0.2, 0.25) is 0 Å². The van der Waals surface area contributed by atoms with E-state index in [2.05, 4.69) is 31.0 Å². The van der Waals surface area contributed by atoms with E-state index < -0.39 is 0 Å². The van der Waals surface area contributed by atoms with Crippen LogP contribution in [0.15, 0.2) is 42.7 Å². The third kappa shape index (κ3) is 1.78. The first kappa shape index (κ1) is 11.0. The van der Waals surface area contributed by atoms with E-state index >= 15 is 0 Å². The molecule has 18 heavy (non-hydrogen) atoms. The lowest BCUT2D eigenvalue weighted by Crippen LogP contribution is -1.83. The molecule has 2 heterocycles. The monoisotopic (exact) mass is 240 g/mol. The number of imidazole rings is 1. The van der Waals surface area contributed by atoms with Crippen LogP contribution in [-0.4, -0.2) is 9.38 Å². The van der Waals surface area contributed by atoms with Crippen molar-refractivity contribution in [2.75, 3.05) is 0 Å². The van der Waals surface area contributed by atoms with E-state index in [0.29, 0.717) is 0 Å². The molecule has 2 nitrogen and oxygen atoms in total. The van der Waals surface area contributed by atoms with Crippen molar-refractivity contribution < 1.29 is 4.39 Å². The number of aromatic nitrogens is 2. The van der Waals surface area contributed by atoms with Crippen molar-refractivity contribution in [1.82, 2.24) is 9.38 Å². The normalized spacial score (nSPS) is 11.1. The molecule has 0 unspecified atom stereocenters. The summed E-state index contributed by atoms with van der Waals surface area (Å²) in [6, 6.07) is 9.33. The second-order valence-electron chi connectivity index (χ2n) is 4.54. The molecule has 0 atom stereocenters. The fourth-order valence-corrected chi connectivity index (χ4v) is 2.00. The lowest BCUT2D eigenvalue weighted by atomic mass is 10.1. The fourth-order valence-electron chi connectivity index (χ4n) is 2.00. The summed E-state index contributed by atoms with van der Waals surface area (Å²) in [5, 5.41) is 0. The summed E-state index contributed by atoms with van der Waals surface area (Å²) in [5.74, 6) is -0.258. The largest absolute Gasteiger partial charge is 0.304 e. The molecule has 0 bridgehead atoms. The van der Waals surface area contributed by atoms with Gasteiger partial charge in [0.25, 0.3) is 0 Å². The van der Waals surface area contributed by atoms with Crippen molar-refractivity contribution in [3.8, 4) is 11.3 Å². The molecular weight excluding hydrogens is 227 g/mol. The first-order valence-electron chi connectivity index (χ1n) is 5.85. The quantitative estimate of drug-likeness (QED) is 0.633. The molecule has 0 aliphatic rings. The lowest BCUT2D eigenvalue weighted by Gasteiger charge is -2.01. The molecule has 0 saturated carbocycles. The van der Waals surface area contributed by atoms with Gasteiger partial charge in [-0.15, -0.1) is 0 Å². The van der Waals surface area contributed by atoms with Crippen LogP contribution in [0.3, 0.4) is 0 Å². The van der Waals surface area contributed by atoms with Gasteiger partial charge in [-0.2, -0.15) is 0 Å². The Kier molecular flexibility index (Phi) is 2.40. The van der Waals surface area contributed by atoms with Crippen molar-refractivity contribution in [3.05, 3.63) is 59.7 Å². The van der Waals surface area contributed by atoms with Gasteiger partial charge in [-0.05, 0) is 43.2 Å². The third-order valence-corrected chi connectivity index (χ3v) is 3.22. The molecule has 2 aromatic heterocycles. The van der Waals surface area contributed by atoms with E-state index in [1.807, 2.05) is 12.3 Å². The van der Waals surface area contributed by atoms with Crippen molar-refractivity contribution >= 4 is 5.65 Å². The number of aryl methyl sites for hydroxylation is 2. The van der Waals surface area contributed by atoms with Crippen LogP contribution in [0.25, 0.3) is 16.9 Å². The number of pyridine rings is 1. The molecule has 0 spiro atoms. The van der Waals surface area contributed by atoms with Gasteiger partial charge in [0, 0.05) is 18.0 Å². The second-order valence-corrected chi connectivity index (χ2v) is 4.54. The minimum absolute atomic E-state index is 0.258. The Hall–Kier alpha value is -2.16. The summed E-state index contributed by atoms with van der Waals surface area (Å²) >= 11 is 0. The van der Waals surface area contributed by atoms with E-state index in [9.17, 15) is 4.39 Å². The molecule has 0 aliphatic heterocycles. The van der Waals surface area contributed by atoms with Crippen LogP contribution >= 0.6 is 0 Å². The molecule has 3 rings (SSSR count). The molecule has 90 valence electrons. The number of hydrogen-bond acceptors (Lipinski definition) is 1. The van der Waals surface area contributed by atoms with Crippen molar-refractivity contribution in [1.29, 1.82) is 0 Å². The molecule has 0 radical (unpaired) electrons. The Balaban J connectivity index is 2.16. The van der Waals surface area contributed by atoms with E-state index in [4.69, 9.17) is 0 Å². The van der Waals surface area contributed by atoms with Crippen LogP contribution in [0.5, 0.6) is 0 Å². The van der Waals surface area contributed by atoms with Crippen molar-refractivity contribution in [2.24, 2.45) is 0 Å². The highest BCUT2D eigenvalue weighted by atomic mass is 19.1. The molecule has 0 saturated heterocycles. The zero-order chi connectivity index (χ0) is 12.7. The smallest absolute Gasteiger partial charge is 0.139 e. The Morgan fingerprint density at radius 2 is 1.83 bits per heavy atom. The number of halogens is 1. The van der Waals surface area contributed by atoms with Crippen LogP contribution in [0.4, 0.5) is 4.39 Å². The number of rotatable bonds is 1. The first-order chi connectivity index (χ1) is 8.63. The lowest BCUT2D eigenvalue weighted by molar-refractivity contribution is 0.619. The number of fused-ring (bicyclic) bond motifs is 1. The SMILES string of the molecule is Cc1ccc(-c2cn3cc(F)ccc3n2)cc1C. The molecule has 0 fully saturated rings. The second kappa shape index (κ2) is 3.95. The Labute approximate surface area is 105 Å². The van der Waals surface area contributed by atoms with Gasteiger partial charge in [0.05, 0.1) is 5.69 Å². The fraction of sp³-hybridized carbons (Fsp3) is 0.133. The Morgan fingerprint density at radius 3 is 2.61 bits per heavy atom. The van der Waals surface area contributed by atoms with Gasteiger partial charge in [-0.3, -0.25) is 0 Å². The maximum atomic E-state index is 13.1. The van der Waals surface area contributed by atoms with Crippen molar-refractivity contribution in [2.45, 2.75) is 13.8 Å².